The molecule has 0 radical (unpaired) electrons. The minimum Gasteiger partial charge on any atom is -0.383 e. The van der Waals surface area contributed by atoms with Crippen molar-refractivity contribution in [2.24, 2.45) is 10.7 Å². The quantitative estimate of drug-likeness (QED) is 0.264. The first-order valence-electron chi connectivity index (χ1n) is 8.00. The van der Waals surface area contributed by atoms with E-state index in [0.29, 0.717) is 12.6 Å². The molecule has 1 rings (SSSR count). The van der Waals surface area contributed by atoms with Gasteiger partial charge in [0.15, 0.2) is 5.96 Å². The molecule has 126 valence electrons. The van der Waals surface area contributed by atoms with Gasteiger partial charge >= 0.3 is 0 Å². The van der Waals surface area contributed by atoms with E-state index in [1.54, 1.807) is 7.11 Å². The number of ether oxygens (including phenoxy) is 1. The first-order chi connectivity index (χ1) is 9.72. The summed E-state index contributed by atoms with van der Waals surface area (Å²) in [6.07, 6.45) is 7.82. The summed E-state index contributed by atoms with van der Waals surface area (Å²) in [4.78, 5) is 6.94. The maximum absolute atomic E-state index is 5.81. The lowest BCUT2D eigenvalue weighted by atomic mass is 10.1. The van der Waals surface area contributed by atoms with Crippen LogP contribution < -0.4 is 11.1 Å². The van der Waals surface area contributed by atoms with E-state index in [1.165, 1.54) is 51.7 Å². The first kappa shape index (κ1) is 20.9. The molecule has 1 heterocycles. The number of likely N-dealkylation sites (tertiary alicyclic amines) is 1. The summed E-state index contributed by atoms with van der Waals surface area (Å²) in [5, 5.41) is 3.12. The third kappa shape index (κ3) is 11.2. The van der Waals surface area contributed by atoms with E-state index in [9.17, 15) is 0 Å². The summed E-state index contributed by atoms with van der Waals surface area (Å²) in [5.74, 6) is 0.533. The normalized spacial score (nSPS) is 18.1. The molecule has 1 aliphatic heterocycles. The standard InChI is InChI=1S/C15H32N4O.HI/c1-14(13-20-2)18-15(16)17-9-5-3-6-10-19-11-7-4-8-12-19;/h14H,3-13H2,1-2H3,(H3,16,17,18);1H. The Morgan fingerprint density at radius 2 is 1.95 bits per heavy atom. The Morgan fingerprint density at radius 3 is 2.62 bits per heavy atom. The van der Waals surface area contributed by atoms with Gasteiger partial charge < -0.3 is 20.7 Å². The minimum atomic E-state index is 0. The maximum atomic E-state index is 5.81. The molecule has 21 heavy (non-hydrogen) atoms. The Morgan fingerprint density at radius 1 is 1.24 bits per heavy atom. The molecule has 6 heteroatoms. The number of rotatable bonds is 9. The van der Waals surface area contributed by atoms with Gasteiger partial charge in [0.2, 0.25) is 0 Å². The number of unbranched alkanes of at least 4 members (excludes halogenated alkanes) is 2. The molecule has 0 aliphatic carbocycles. The van der Waals surface area contributed by atoms with E-state index in [2.05, 4.69) is 15.2 Å². The summed E-state index contributed by atoms with van der Waals surface area (Å²) in [7, 11) is 1.69. The third-order valence-corrected chi connectivity index (χ3v) is 3.67. The van der Waals surface area contributed by atoms with E-state index >= 15 is 0 Å². The summed E-state index contributed by atoms with van der Waals surface area (Å²) in [6.45, 7) is 7.34. The van der Waals surface area contributed by atoms with Gasteiger partial charge in [-0.15, -0.1) is 24.0 Å². The zero-order valence-electron chi connectivity index (χ0n) is 13.6. The zero-order chi connectivity index (χ0) is 14.6. The van der Waals surface area contributed by atoms with Crippen molar-refractivity contribution in [2.75, 3.05) is 39.9 Å². The highest BCUT2D eigenvalue weighted by Crippen LogP contribution is 2.09. The van der Waals surface area contributed by atoms with Gasteiger partial charge in [-0.25, -0.2) is 0 Å². The van der Waals surface area contributed by atoms with E-state index in [-0.39, 0.29) is 30.0 Å². The average Bonchev–Trinajstić information content (AvgIpc) is 2.44. The van der Waals surface area contributed by atoms with Gasteiger partial charge in [0.1, 0.15) is 0 Å². The van der Waals surface area contributed by atoms with Gasteiger partial charge in [0.25, 0.3) is 0 Å². The van der Waals surface area contributed by atoms with E-state index in [4.69, 9.17) is 10.5 Å². The third-order valence-electron chi connectivity index (χ3n) is 3.67. The van der Waals surface area contributed by atoms with Crippen LogP contribution in [0.3, 0.4) is 0 Å². The Labute approximate surface area is 147 Å². The fourth-order valence-corrected chi connectivity index (χ4v) is 2.60. The number of guanidine groups is 1. The molecule has 0 bridgehead atoms. The molecule has 1 fully saturated rings. The lowest BCUT2D eigenvalue weighted by Gasteiger charge is -2.26. The SMILES string of the molecule is COCC(C)NC(N)=NCCCCCN1CCCCC1.I. The minimum absolute atomic E-state index is 0. The van der Waals surface area contributed by atoms with Crippen LogP contribution in [0.5, 0.6) is 0 Å². The Bertz CT molecular complexity index is 270. The largest absolute Gasteiger partial charge is 0.383 e. The van der Waals surface area contributed by atoms with Crippen molar-refractivity contribution >= 4 is 29.9 Å². The second kappa shape index (κ2) is 13.6. The smallest absolute Gasteiger partial charge is 0.188 e. The molecule has 0 aromatic carbocycles. The maximum Gasteiger partial charge on any atom is 0.188 e. The van der Waals surface area contributed by atoms with E-state index < -0.39 is 0 Å². The van der Waals surface area contributed by atoms with Gasteiger partial charge in [-0.1, -0.05) is 12.8 Å². The van der Waals surface area contributed by atoms with Crippen molar-refractivity contribution in [1.29, 1.82) is 0 Å². The molecule has 1 aliphatic rings. The lowest BCUT2D eigenvalue weighted by Crippen LogP contribution is -2.40. The number of hydrogen-bond acceptors (Lipinski definition) is 3. The molecular formula is C15H33IN4O. The van der Waals surface area contributed by atoms with Crippen LogP contribution in [0.2, 0.25) is 0 Å². The number of hydrogen-bond donors (Lipinski definition) is 2. The highest BCUT2D eigenvalue weighted by molar-refractivity contribution is 14.0. The summed E-state index contributed by atoms with van der Waals surface area (Å²) in [5.41, 5.74) is 5.81. The van der Waals surface area contributed by atoms with Gasteiger partial charge in [0, 0.05) is 19.7 Å². The summed E-state index contributed by atoms with van der Waals surface area (Å²) < 4.78 is 5.04. The fraction of sp³-hybridized carbons (Fsp3) is 0.933. The topological polar surface area (TPSA) is 62.9 Å². The molecule has 1 atom stereocenters. The predicted octanol–water partition coefficient (Wildman–Crippen LogP) is 2.20. The molecule has 0 aromatic rings. The highest BCUT2D eigenvalue weighted by atomic mass is 127. The number of nitrogens with two attached hydrogens (primary N) is 1. The van der Waals surface area contributed by atoms with Crippen LogP contribution in [0.4, 0.5) is 0 Å². The van der Waals surface area contributed by atoms with Crippen LogP contribution in [0.1, 0.15) is 45.4 Å². The molecule has 0 aromatic heterocycles. The number of nitrogens with one attached hydrogen (secondary N) is 1. The van der Waals surface area contributed by atoms with E-state index in [0.717, 1.165) is 13.0 Å². The summed E-state index contributed by atoms with van der Waals surface area (Å²) in [6, 6.07) is 0.211. The Balaban J connectivity index is 0.00000400. The zero-order valence-corrected chi connectivity index (χ0v) is 16.0. The number of methoxy groups -OCH3 is 1. The van der Waals surface area contributed by atoms with Gasteiger partial charge in [-0.05, 0) is 52.2 Å². The van der Waals surface area contributed by atoms with Crippen LogP contribution in [0.15, 0.2) is 4.99 Å². The molecule has 1 unspecified atom stereocenters. The average molecular weight is 412 g/mol. The number of piperidine rings is 1. The van der Waals surface area contributed by atoms with Crippen LogP contribution in [0.25, 0.3) is 0 Å². The van der Waals surface area contributed by atoms with Gasteiger partial charge in [0.05, 0.1) is 6.61 Å². The number of nitrogens with zero attached hydrogens (tertiary/aromatic N) is 2. The van der Waals surface area contributed by atoms with Crippen molar-refractivity contribution in [3.63, 3.8) is 0 Å². The Hall–Kier alpha value is -0.0800. The molecular weight excluding hydrogens is 379 g/mol. The van der Waals surface area contributed by atoms with Crippen molar-refractivity contribution in [3.05, 3.63) is 0 Å². The second-order valence-electron chi connectivity index (χ2n) is 5.73. The second-order valence-corrected chi connectivity index (χ2v) is 5.73. The van der Waals surface area contributed by atoms with E-state index in [1.807, 2.05) is 6.92 Å². The van der Waals surface area contributed by atoms with Crippen LogP contribution in [-0.2, 0) is 4.74 Å². The van der Waals surface area contributed by atoms with Gasteiger partial charge in [-0.3, -0.25) is 4.99 Å². The lowest BCUT2D eigenvalue weighted by molar-refractivity contribution is 0.179. The predicted molar refractivity (Wildman–Crippen MR) is 101 cm³/mol. The molecule has 0 spiro atoms. The summed E-state index contributed by atoms with van der Waals surface area (Å²) >= 11 is 0. The first-order valence-corrected chi connectivity index (χ1v) is 8.00. The number of aliphatic imine (C=N–C) groups is 1. The van der Waals surface area contributed by atoms with Crippen LogP contribution in [0, 0.1) is 0 Å². The van der Waals surface area contributed by atoms with Crippen LogP contribution >= 0.6 is 24.0 Å². The van der Waals surface area contributed by atoms with Gasteiger partial charge in [-0.2, -0.15) is 0 Å². The molecule has 0 saturated carbocycles. The van der Waals surface area contributed by atoms with Crippen molar-refractivity contribution in [2.45, 2.75) is 51.5 Å². The molecule has 5 nitrogen and oxygen atoms in total. The van der Waals surface area contributed by atoms with Crippen LogP contribution in [-0.4, -0.2) is 56.8 Å². The molecule has 3 N–H and O–H groups in total. The molecule has 1 saturated heterocycles. The number of halogens is 1. The van der Waals surface area contributed by atoms with Crippen molar-refractivity contribution in [1.82, 2.24) is 10.2 Å². The van der Waals surface area contributed by atoms with Crippen molar-refractivity contribution < 1.29 is 4.74 Å². The monoisotopic (exact) mass is 412 g/mol. The highest BCUT2D eigenvalue weighted by Gasteiger charge is 2.08. The van der Waals surface area contributed by atoms with Crippen molar-refractivity contribution in [3.8, 4) is 0 Å². The Kier molecular flexibility index (Phi) is 13.5. The molecule has 0 amide bonds. The fourth-order valence-electron chi connectivity index (χ4n) is 2.60.